The molecule has 0 atom stereocenters. The fourth-order valence-electron chi connectivity index (χ4n) is 1.85. The highest BCUT2D eigenvalue weighted by molar-refractivity contribution is 9.10. The van der Waals surface area contributed by atoms with Gasteiger partial charge in [0.2, 0.25) is 5.91 Å². The Morgan fingerprint density at radius 2 is 2.20 bits per heavy atom. The maximum atomic E-state index is 11.5. The van der Waals surface area contributed by atoms with Crippen LogP contribution in [0.1, 0.15) is 11.1 Å². The molecule has 1 saturated heterocycles. The lowest BCUT2D eigenvalue weighted by Gasteiger charge is -2.39. The molecular formula is C11H12BrNO2. The number of rotatable bonds is 2. The van der Waals surface area contributed by atoms with E-state index in [1.165, 1.54) is 0 Å². The molecule has 0 bridgehead atoms. The van der Waals surface area contributed by atoms with Crippen molar-refractivity contribution in [1.29, 1.82) is 0 Å². The van der Waals surface area contributed by atoms with Gasteiger partial charge in [-0.15, -0.1) is 0 Å². The molecule has 1 fully saturated rings. The lowest BCUT2D eigenvalue weighted by Crippen LogP contribution is -2.56. The summed E-state index contributed by atoms with van der Waals surface area (Å²) >= 11 is 3.40. The number of ether oxygens (including phenoxy) is 1. The van der Waals surface area contributed by atoms with Gasteiger partial charge in [-0.3, -0.25) is 4.79 Å². The van der Waals surface area contributed by atoms with Crippen molar-refractivity contribution >= 4 is 21.8 Å². The van der Waals surface area contributed by atoms with Crippen LogP contribution in [0, 0.1) is 6.92 Å². The number of hydrogen-bond acceptors (Lipinski definition) is 2. The first-order chi connectivity index (χ1) is 7.06. The van der Waals surface area contributed by atoms with Crippen LogP contribution in [0.25, 0.3) is 0 Å². The van der Waals surface area contributed by atoms with Gasteiger partial charge in [0.1, 0.15) is 5.41 Å². The summed E-state index contributed by atoms with van der Waals surface area (Å²) in [6.45, 7) is 2.75. The van der Waals surface area contributed by atoms with Crippen LogP contribution < -0.4 is 5.73 Å². The minimum Gasteiger partial charge on any atom is -0.378 e. The number of hydrogen-bond donors (Lipinski definition) is 1. The predicted molar refractivity (Wildman–Crippen MR) is 60.6 cm³/mol. The second kappa shape index (κ2) is 3.61. The first-order valence-electron chi connectivity index (χ1n) is 4.70. The average Bonchev–Trinajstić information content (AvgIpc) is 2.08. The third-order valence-corrected chi connectivity index (χ3v) is 3.38. The Morgan fingerprint density at radius 3 is 2.67 bits per heavy atom. The van der Waals surface area contributed by atoms with Gasteiger partial charge in [0.05, 0.1) is 13.2 Å². The lowest BCUT2D eigenvalue weighted by molar-refractivity contribution is -0.141. The van der Waals surface area contributed by atoms with Crippen molar-refractivity contribution in [3.63, 3.8) is 0 Å². The van der Waals surface area contributed by atoms with Gasteiger partial charge >= 0.3 is 0 Å². The molecule has 1 amide bonds. The Morgan fingerprint density at radius 1 is 1.53 bits per heavy atom. The minimum atomic E-state index is -0.617. The maximum Gasteiger partial charge on any atom is 0.232 e. The molecule has 1 aliphatic heterocycles. The van der Waals surface area contributed by atoms with E-state index in [0.29, 0.717) is 13.2 Å². The fourth-order valence-corrected chi connectivity index (χ4v) is 2.21. The molecule has 0 radical (unpaired) electrons. The van der Waals surface area contributed by atoms with E-state index in [1.807, 2.05) is 25.1 Å². The van der Waals surface area contributed by atoms with Crippen molar-refractivity contribution < 1.29 is 9.53 Å². The molecule has 3 nitrogen and oxygen atoms in total. The molecule has 0 aliphatic carbocycles. The zero-order chi connectivity index (χ0) is 11.1. The normalized spacial score (nSPS) is 18.3. The smallest absolute Gasteiger partial charge is 0.232 e. The number of aryl methyl sites for hydroxylation is 1. The second-order valence-electron chi connectivity index (χ2n) is 3.90. The van der Waals surface area contributed by atoms with Crippen molar-refractivity contribution in [1.82, 2.24) is 0 Å². The van der Waals surface area contributed by atoms with Gasteiger partial charge in [-0.05, 0) is 30.2 Å². The largest absolute Gasteiger partial charge is 0.378 e. The lowest BCUT2D eigenvalue weighted by atomic mass is 9.76. The summed E-state index contributed by atoms with van der Waals surface area (Å²) in [6.07, 6.45) is 0. The zero-order valence-corrected chi connectivity index (χ0v) is 10.0. The maximum absolute atomic E-state index is 11.5. The molecule has 0 spiro atoms. The van der Waals surface area contributed by atoms with Gasteiger partial charge in [0.15, 0.2) is 0 Å². The Bertz CT molecular complexity index is 413. The van der Waals surface area contributed by atoms with Gasteiger partial charge in [-0.1, -0.05) is 22.0 Å². The van der Waals surface area contributed by atoms with E-state index in [9.17, 15) is 4.79 Å². The zero-order valence-electron chi connectivity index (χ0n) is 8.42. The van der Waals surface area contributed by atoms with E-state index in [4.69, 9.17) is 10.5 Å². The highest BCUT2D eigenvalue weighted by Gasteiger charge is 2.46. The van der Waals surface area contributed by atoms with Crippen molar-refractivity contribution in [2.75, 3.05) is 13.2 Å². The summed E-state index contributed by atoms with van der Waals surface area (Å²) in [5.74, 6) is -0.310. The molecule has 2 rings (SSSR count). The highest BCUT2D eigenvalue weighted by atomic mass is 79.9. The number of carbonyl (C=O) groups excluding carboxylic acids is 1. The predicted octanol–water partition coefficient (Wildman–Crippen LogP) is 1.51. The number of halogens is 1. The van der Waals surface area contributed by atoms with Gasteiger partial charge < -0.3 is 10.5 Å². The van der Waals surface area contributed by atoms with Crippen LogP contribution >= 0.6 is 15.9 Å². The summed E-state index contributed by atoms with van der Waals surface area (Å²) in [5, 5.41) is 0. The van der Waals surface area contributed by atoms with Crippen LogP contribution in [0.15, 0.2) is 22.7 Å². The minimum absolute atomic E-state index is 0.310. The van der Waals surface area contributed by atoms with E-state index in [1.54, 1.807) is 0 Å². The SMILES string of the molecule is Cc1ccc(Br)cc1C1(C(N)=O)COC1. The molecule has 80 valence electrons. The van der Waals surface area contributed by atoms with Crippen molar-refractivity contribution in [2.24, 2.45) is 5.73 Å². The number of carbonyl (C=O) groups is 1. The topological polar surface area (TPSA) is 52.3 Å². The van der Waals surface area contributed by atoms with Gasteiger partial charge in [-0.2, -0.15) is 0 Å². The van der Waals surface area contributed by atoms with E-state index >= 15 is 0 Å². The number of primary amides is 1. The van der Waals surface area contributed by atoms with Gasteiger partial charge in [0.25, 0.3) is 0 Å². The van der Waals surface area contributed by atoms with Crippen molar-refractivity contribution in [2.45, 2.75) is 12.3 Å². The van der Waals surface area contributed by atoms with Gasteiger partial charge in [-0.25, -0.2) is 0 Å². The van der Waals surface area contributed by atoms with Crippen LogP contribution in [0.2, 0.25) is 0 Å². The molecule has 4 heteroatoms. The molecule has 0 aromatic heterocycles. The number of nitrogens with two attached hydrogens (primary N) is 1. The summed E-state index contributed by atoms with van der Waals surface area (Å²) in [4.78, 5) is 11.5. The first-order valence-corrected chi connectivity index (χ1v) is 5.50. The number of amides is 1. The van der Waals surface area contributed by atoms with Crippen LogP contribution in [-0.4, -0.2) is 19.1 Å². The molecule has 15 heavy (non-hydrogen) atoms. The molecule has 1 aliphatic rings. The molecule has 2 N–H and O–H groups in total. The Labute approximate surface area is 96.7 Å². The van der Waals surface area contributed by atoms with Crippen molar-refractivity contribution in [3.8, 4) is 0 Å². The van der Waals surface area contributed by atoms with E-state index in [2.05, 4.69) is 15.9 Å². The first kappa shape index (κ1) is 10.6. The summed E-state index contributed by atoms with van der Waals surface area (Å²) in [5.41, 5.74) is 6.87. The standard InChI is InChI=1S/C11H12BrNO2/c1-7-2-3-8(12)4-9(7)11(10(13)14)5-15-6-11/h2-4H,5-6H2,1H3,(H2,13,14). The van der Waals surface area contributed by atoms with E-state index in [0.717, 1.165) is 15.6 Å². The molecular weight excluding hydrogens is 258 g/mol. The molecule has 1 aromatic carbocycles. The van der Waals surface area contributed by atoms with Crippen LogP contribution in [-0.2, 0) is 14.9 Å². The van der Waals surface area contributed by atoms with Crippen LogP contribution in [0.4, 0.5) is 0 Å². The summed E-state index contributed by atoms with van der Waals surface area (Å²) in [7, 11) is 0. The quantitative estimate of drug-likeness (QED) is 0.885. The fraction of sp³-hybridized carbons (Fsp3) is 0.364. The van der Waals surface area contributed by atoms with Crippen LogP contribution in [0.3, 0.4) is 0 Å². The Balaban J connectivity index is 2.51. The summed E-state index contributed by atoms with van der Waals surface area (Å²) in [6, 6.07) is 5.87. The van der Waals surface area contributed by atoms with Crippen molar-refractivity contribution in [3.05, 3.63) is 33.8 Å². The number of benzene rings is 1. The molecule has 1 aromatic rings. The second-order valence-corrected chi connectivity index (χ2v) is 4.81. The highest BCUT2D eigenvalue weighted by Crippen LogP contribution is 2.35. The third-order valence-electron chi connectivity index (χ3n) is 2.88. The van der Waals surface area contributed by atoms with Crippen LogP contribution in [0.5, 0.6) is 0 Å². The average molecular weight is 270 g/mol. The molecule has 1 heterocycles. The molecule has 0 unspecified atom stereocenters. The Hall–Kier alpha value is -0.870. The molecule has 0 saturated carbocycles. The third kappa shape index (κ3) is 1.58. The van der Waals surface area contributed by atoms with E-state index < -0.39 is 5.41 Å². The monoisotopic (exact) mass is 269 g/mol. The van der Waals surface area contributed by atoms with E-state index in [-0.39, 0.29) is 5.91 Å². The van der Waals surface area contributed by atoms with Gasteiger partial charge in [0, 0.05) is 4.47 Å². The summed E-state index contributed by atoms with van der Waals surface area (Å²) < 4.78 is 6.09. The Kier molecular flexibility index (Phi) is 2.56.